The molecule has 0 radical (unpaired) electrons. The first-order valence-electron chi connectivity index (χ1n) is 13.7. The van der Waals surface area contributed by atoms with Gasteiger partial charge in [-0.2, -0.15) is 36.5 Å². The Kier molecular flexibility index (Phi) is 9.15. The lowest BCUT2D eigenvalue weighted by Gasteiger charge is -2.34. The van der Waals surface area contributed by atoms with Crippen LogP contribution in [0.5, 0.6) is 5.75 Å². The third kappa shape index (κ3) is 7.21. The van der Waals surface area contributed by atoms with Gasteiger partial charge in [0.25, 0.3) is 5.56 Å². The average Bonchev–Trinajstić information content (AvgIpc) is 3.42. The highest BCUT2D eigenvalue weighted by molar-refractivity contribution is 5.87. The van der Waals surface area contributed by atoms with Crippen LogP contribution in [0.15, 0.2) is 60.0 Å². The van der Waals surface area contributed by atoms with Gasteiger partial charge in [-0.15, -0.1) is 0 Å². The van der Waals surface area contributed by atoms with E-state index < -0.39 is 40.5 Å². The lowest BCUT2D eigenvalue weighted by Crippen LogP contribution is -2.48. The number of carbonyl (C=O) groups excluding carboxylic acids is 1. The molecule has 46 heavy (non-hydrogen) atoms. The number of nitrogens with zero attached hydrogens (tertiary/aromatic N) is 8. The van der Waals surface area contributed by atoms with Gasteiger partial charge < -0.3 is 19.3 Å². The van der Waals surface area contributed by atoms with Crippen molar-refractivity contribution < 1.29 is 40.6 Å². The minimum atomic E-state index is -4.90. The Bertz CT molecular complexity index is 1760. The molecule has 1 saturated heterocycles. The minimum absolute atomic E-state index is 0.0684. The van der Waals surface area contributed by atoms with Crippen LogP contribution in [0, 0.1) is 0 Å². The minimum Gasteiger partial charge on any atom is -0.499 e. The van der Waals surface area contributed by atoms with Crippen LogP contribution in [0.25, 0.3) is 10.9 Å². The van der Waals surface area contributed by atoms with Gasteiger partial charge in [-0.25, -0.2) is 14.6 Å². The molecule has 244 valence electrons. The van der Waals surface area contributed by atoms with Crippen molar-refractivity contribution >= 4 is 22.8 Å². The van der Waals surface area contributed by atoms with Crippen LogP contribution in [0.3, 0.4) is 0 Å². The van der Waals surface area contributed by atoms with Gasteiger partial charge in [-0.05, 0) is 17.7 Å². The second-order valence-corrected chi connectivity index (χ2v) is 10.0. The molecule has 0 spiro atoms. The van der Waals surface area contributed by atoms with E-state index in [-0.39, 0.29) is 57.3 Å². The van der Waals surface area contributed by atoms with Crippen LogP contribution in [0.4, 0.5) is 32.3 Å². The molecular formula is C28H26F6N8O4. The first kappa shape index (κ1) is 32.2. The van der Waals surface area contributed by atoms with Gasteiger partial charge in [0.15, 0.2) is 5.69 Å². The number of benzene rings is 1. The van der Waals surface area contributed by atoms with Gasteiger partial charge in [0.2, 0.25) is 11.9 Å². The highest BCUT2D eigenvalue weighted by Crippen LogP contribution is 2.32. The number of hydrogen-bond acceptors (Lipinski definition) is 9. The summed E-state index contributed by atoms with van der Waals surface area (Å²) in [6.45, 7) is 0.643. The fourth-order valence-corrected chi connectivity index (χ4v) is 4.68. The Balaban J connectivity index is 1.17. The molecule has 0 N–H and O–H groups in total. The first-order chi connectivity index (χ1) is 21.8. The van der Waals surface area contributed by atoms with Crippen molar-refractivity contribution in [3.05, 3.63) is 82.4 Å². The van der Waals surface area contributed by atoms with Crippen LogP contribution in [-0.4, -0.2) is 80.2 Å². The van der Waals surface area contributed by atoms with Crippen LogP contribution < -0.4 is 15.2 Å². The van der Waals surface area contributed by atoms with Crippen molar-refractivity contribution in [2.75, 3.05) is 44.8 Å². The van der Waals surface area contributed by atoms with Crippen LogP contribution in [0.1, 0.15) is 16.8 Å². The van der Waals surface area contributed by atoms with E-state index in [9.17, 15) is 35.9 Å². The Morgan fingerprint density at radius 3 is 2.22 bits per heavy atom. The number of methoxy groups -OCH3 is 1. The summed E-state index contributed by atoms with van der Waals surface area (Å²) < 4.78 is 92.0. The molecule has 3 aromatic heterocycles. The Hall–Kier alpha value is -5.16. The van der Waals surface area contributed by atoms with Crippen molar-refractivity contribution in [3.8, 4) is 5.75 Å². The summed E-state index contributed by atoms with van der Waals surface area (Å²) >= 11 is 0. The Morgan fingerprint density at radius 2 is 1.61 bits per heavy atom. The van der Waals surface area contributed by atoms with Crippen molar-refractivity contribution in [2.45, 2.75) is 25.4 Å². The number of hydrogen-bond donors (Lipinski definition) is 0. The molecular weight excluding hydrogens is 626 g/mol. The first-order valence-corrected chi connectivity index (χ1v) is 13.7. The molecule has 1 fully saturated rings. The van der Waals surface area contributed by atoms with Gasteiger partial charge >= 0.3 is 12.4 Å². The lowest BCUT2D eigenvalue weighted by molar-refractivity contribution is -0.140. The Morgan fingerprint density at radius 1 is 0.935 bits per heavy atom. The zero-order valence-electron chi connectivity index (χ0n) is 24.1. The van der Waals surface area contributed by atoms with Crippen LogP contribution >= 0.6 is 0 Å². The van der Waals surface area contributed by atoms with E-state index in [1.165, 1.54) is 12.0 Å². The van der Waals surface area contributed by atoms with Gasteiger partial charge in [0.1, 0.15) is 17.7 Å². The number of piperazine rings is 1. The van der Waals surface area contributed by atoms with E-state index in [0.29, 0.717) is 23.7 Å². The largest absolute Gasteiger partial charge is 0.499 e. The summed E-state index contributed by atoms with van der Waals surface area (Å²) in [6.07, 6.45) is -4.67. The van der Waals surface area contributed by atoms with E-state index in [4.69, 9.17) is 9.47 Å². The van der Waals surface area contributed by atoms with E-state index in [1.807, 2.05) is 0 Å². The average molecular weight is 653 g/mol. The van der Waals surface area contributed by atoms with E-state index in [1.54, 1.807) is 29.2 Å². The maximum Gasteiger partial charge on any atom is 0.435 e. The quantitative estimate of drug-likeness (QED) is 0.116. The summed E-state index contributed by atoms with van der Waals surface area (Å²) in [7, 11) is 1.49. The molecule has 1 amide bonds. The topological polar surface area (TPSA) is 120 Å². The zero-order valence-corrected chi connectivity index (χ0v) is 24.1. The number of fused-ring (bicyclic) bond motifs is 1. The molecule has 0 atom stereocenters. The van der Waals surface area contributed by atoms with Crippen LogP contribution in [-0.2, 0) is 35.0 Å². The second kappa shape index (κ2) is 13.1. The van der Waals surface area contributed by atoms with Gasteiger partial charge in [0.05, 0.1) is 43.7 Å². The molecule has 4 aromatic rings. The normalized spacial score (nSPS) is 14.3. The number of alkyl halides is 6. The number of carbonyl (C=O) groups is 1. The smallest absolute Gasteiger partial charge is 0.435 e. The number of halogens is 6. The molecule has 5 rings (SSSR count). The monoisotopic (exact) mass is 652 g/mol. The molecule has 0 aliphatic carbocycles. The van der Waals surface area contributed by atoms with E-state index >= 15 is 0 Å². The number of aromatic nitrogens is 6. The third-order valence-corrected chi connectivity index (χ3v) is 7.09. The predicted molar refractivity (Wildman–Crippen MR) is 150 cm³/mol. The molecule has 12 nitrogen and oxygen atoms in total. The number of ether oxygens (including phenoxy) is 2. The van der Waals surface area contributed by atoms with Crippen molar-refractivity contribution in [1.29, 1.82) is 0 Å². The fraction of sp³-hybridized carbons (Fsp3) is 0.357. The highest BCUT2D eigenvalue weighted by Gasteiger charge is 2.38. The summed E-state index contributed by atoms with van der Waals surface area (Å²) in [5.74, 6) is 0.290. The molecule has 0 unspecified atom stereocenters. The van der Waals surface area contributed by atoms with Gasteiger partial charge in [-0.1, -0.05) is 12.1 Å². The SMILES string of the molecule is COc1ccc(Cn2ncc3c(c(C(F)(F)F)nn3CCO/C=C/C(=O)N3CCN(c4ncc(C(F)(F)F)cn4)CC3)c2=O)cc1. The second-order valence-electron chi connectivity index (χ2n) is 10.0. The Labute approximate surface area is 256 Å². The summed E-state index contributed by atoms with van der Waals surface area (Å²) in [4.78, 5) is 36.3. The van der Waals surface area contributed by atoms with Gasteiger partial charge in [0, 0.05) is 44.6 Å². The molecule has 4 heterocycles. The lowest BCUT2D eigenvalue weighted by atomic mass is 10.2. The number of amides is 1. The van der Waals surface area contributed by atoms with Crippen molar-refractivity contribution in [2.24, 2.45) is 0 Å². The molecule has 0 saturated carbocycles. The van der Waals surface area contributed by atoms with Crippen molar-refractivity contribution in [1.82, 2.24) is 34.4 Å². The van der Waals surface area contributed by atoms with E-state index in [2.05, 4.69) is 20.2 Å². The standard InChI is InChI=1S/C28H26F6N8O4/c1-45-20-4-2-18(3-5-20)17-42-25(44)23-21(16-37-42)41(38-24(23)28(32,33)34)11-13-46-12-6-22(43)39-7-9-40(10-8-39)26-35-14-19(15-36-26)27(29,30)31/h2-6,12,14-16H,7-11,13,17H2,1H3/b12-6+. The molecule has 1 aliphatic rings. The zero-order chi connectivity index (χ0) is 33.1. The summed E-state index contributed by atoms with van der Waals surface area (Å²) in [5.41, 5.74) is -2.76. The van der Waals surface area contributed by atoms with E-state index in [0.717, 1.165) is 27.9 Å². The maximum atomic E-state index is 13.8. The number of rotatable bonds is 9. The van der Waals surface area contributed by atoms with Crippen molar-refractivity contribution in [3.63, 3.8) is 0 Å². The molecule has 0 bridgehead atoms. The summed E-state index contributed by atoms with van der Waals surface area (Å²) in [6, 6.07) is 6.64. The molecule has 1 aromatic carbocycles. The molecule has 18 heteroatoms. The number of anilines is 1. The predicted octanol–water partition coefficient (Wildman–Crippen LogP) is 3.36. The van der Waals surface area contributed by atoms with Crippen LogP contribution in [0.2, 0.25) is 0 Å². The summed E-state index contributed by atoms with van der Waals surface area (Å²) in [5, 5.41) is 7.04. The highest BCUT2D eigenvalue weighted by atomic mass is 19.4. The third-order valence-electron chi connectivity index (χ3n) is 7.09. The maximum absolute atomic E-state index is 13.8. The molecule has 1 aliphatic heterocycles. The van der Waals surface area contributed by atoms with Gasteiger partial charge in [-0.3, -0.25) is 14.3 Å². The fourth-order valence-electron chi connectivity index (χ4n) is 4.68.